The van der Waals surface area contributed by atoms with Crippen molar-refractivity contribution in [2.24, 2.45) is 0 Å². The summed E-state index contributed by atoms with van der Waals surface area (Å²) in [7, 11) is 1.55. The highest BCUT2D eigenvalue weighted by atomic mass is 16.6. The number of hydrogen-bond donors (Lipinski definition) is 0. The van der Waals surface area contributed by atoms with Gasteiger partial charge >= 0.3 is 0 Å². The zero-order valence-electron chi connectivity index (χ0n) is 10.7. The molecule has 19 heavy (non-hydrogen) atoms. The van der Waals surface area contributed by atoms with Gasteiger partial charge in [-0.15, -0.1) is 0 Å². The van der Waals surface area contributed by atoms with Crippen LogP contribution in [0.2, 0.25) is 0 Å². The van der Waals surface area contributed by atoms with E-state index in [1.807, 2.05) is 0 Å². The first-order valence-corrected chi connectivity index (χ1v) is 5.58. The minimum absolute atomic E-state index is 0.0122. The number of carbonyl (C=O) groups excluding carboxylic acids is 2. The Morgan fingerprint density at radius 2 is 1.89 bits per heavy atom. The van der Waals surface area contributed by atoms with Crippen LogP contribution in [0, 0.1) is 10.1 Å². The summed E-state index contributed by atoms with van der Waals surface area (Å²) in [4.78, 5) is 33.6. The molecule has 0 fully saturated rings. The van der Waals surface area contributed by atoms with Crippen molar-refractivity contribution in [3.63, 3.8) is 0 Å². The number of hydrogen-bond acceptors (Lipinski definition) is 4. The predicted molar refractivity (Wildman–Crippen MR) is 70.2 cm³/mol. The Kier molecular flexibility index (Phi) is 4.93. The minimum atomic E-state index is -0.476. The van der Waals surface area contributed by atoms with E-state index in [9.17, 15) is 19.7 Å². The third-order valence-electron chi connectivity index (χ3n) is 2.39. The van der Waals surface area contributed by atoms with E-state index in [0.29, 0.717) is 0 Å². The van der Waals surface area contributed by atoms with Gasteiger partial charge in [-0.05, 0) is 30.7 Å². The molecule has 1 aromatic rings. The largest absolute Gasteiger partial charge is 0.322 e. The predicted octanol–water partition coefficient (Wildman–Crippen LogP) is 2.00. The monoisotopic (exact) mass is 262 g/mol. The molecule has 1 rings (SSSR count). The average Bonchev–Trinajstić information content (AvgIpc) is 2.35. The molecule has 0 aliphatic carbocycles. The molecule has 0 heterocycles. The van der Waals surface area contributed by atoms with Gasteiger partial charge in [0.2, 0.25) is 5.91 Å². The van der Waals surface area contributed by atoms with E-state index < -0.39 is 4.92 Å². The van der Waals surface area contributed by atoms with Crippen LogP contribution in [-0.4, -0.2) is 28.6 Å². The minimum Gasteiger partial charge on any atom is -0.322 e. The zero-order valence-corrected chi connectivity index (χ0v) is 10.7. The van der Waals surface area contributed by atoms with Crippen LogP contribution in [0.25, 0.3) is 6.08 Å². The van der Waals surface area contributed by atoms with Crippen molar-refractivity contribution in [3.05, 3.63) is 46.1 Å². The molecular formula is C13H14N2O4. The van der Waals surface area contributed by atoms with Crippen molar-refractivity contribution in [2.75, 3.05) is 7.05 Å². The molecule has 0 bridgehead atoms. The van der Waals surface area contributed by atoms with E-state index in [1.54, 1.807) is 25.3 Å². The lowest BCUT2D eigenvalue weighted by Crippen LogP contribution is -2.22. The number of Topliss-reactive ketones (excluding diaryl/α,β-unsaturated/α-hetero) is 1. The Balaban J connectivity index is 2.68. The molecule has 0 saturated heterocycles. The maximum atomic E-state index is 11.5. The molecule has 0 N–H and O–H groups in total. The van der Waals surface area contributed by atoms with Gasteiger partial charge < -0.3 is 4.90 Å². The molecular weight excluding hydrogens is 248 g/mol. The molecule has 100 valence electrons. The third kappa shape index (κ3) is 4.71. The highest BCUT2D eigenvalue weighted by molar-refractivity contribution is 5.97. The first kappa shape index (κ1) is 14.6. The summed E-state index contributed by atoms with van der Waals surface area (Å²) in [6.07, 6.45) is 3.02. The topological polar surface area (TPSA) is 80.5 Å². The first-order chi connectivity index (χ1) is 8.90. The van der Waals surface area contributed by atoms with Crippen LogP contribution in [0.1, 0.15) is 18.9 Å². The summed E-state index contributed by atoms with van der Waals surface area (Å²) < 4.78 is 0. The number of nitro benzene ring substituents is 1. The van der Waals surface area contributed by atoms with Gasteiger partial charge in [0.15, 0.2) is 0 Å². The van der Waals surface area contributed by atoms with Crippen molar-refractivity contribution in [3.8, 4) is 0 Å². The van der Waals surface area contributed by atoms with E-state index in [-0.39, 0.29) is 23.8 Å². The van der Waals surface area contributed by atoms with E-state index in [1.165, 1.54) is 30.2 Å². The van der Waals surface area contributed by atoms with Crippen LogP contribution in [0.3, 0.4) is 0 Å². The van der Waals surface area contributed by atoms with Crippen molar-refractivity contribution in [1.82, 2.24) is 4.90 Å². The number of carbonyl (C=O) groups is 2. The average molecular weight is 262 g/mol. The van der Waals surface area contributed by atoms with Gasteiger partial charge in [0, 0.05) is 25.4 Å². The molecule has 6 nitrogen and oxygen atoms in total. The zero-order chi connectivity index (χ0) is 14.4. The standard InChI is InChI=1S/C13H14N2O4/c1-10(16)9-13(17)14(2)8-7-11-3-5-12(6-4-11)15(18)19/h3-8H,9H2,1-2H3/b8-7+. The second kappa shape index (κ2) is 6.44. The van der Waals surface area contributed by atoms with E-state index in [0.717, 1.165) is 5.56 Å². The fourth-order valence-corrected chi connectivity index (χ4v) is 1.33. The Morgan fingerprint density at radius 3 is 2.37 bits per heavy atom. The third-order valence-corrected chi connectivity index (χ3v) is 2.39. The number of rotatable bonds is 5. The summed E-state index contributed by atoms with van der Waals surface area (Å²) in [6.45, 7) is 1.35. The fourth-order valence-electron chi connectivity index (χ4n) is 1.33. The van der Waals surface area contributed by atoms with Crippen molar-refractivity contribution in [1.29, 1.82) is 0 Å². The number of benzene rings is 1. The maximum Gasteiger partial charge on any atom is 0.269 e. The van der Waals surface area contributed by atoms with Crippen LogP contribution in [0.5, 0.6) is 0 Å². The van der Waals surface area contributed by atoms with Gasteiger partial charge in [-0.2, -0.15) is 0 Å². The van der Waals surface area contributed by atoms with Gasteiger partial charge in [-0.3, -0.25) is 19.7 Å². The number of ketones is 1. The Hall–Kier alpha value is -2.50. The quantitative estimate of drug-likeness (QED) is 0.461. The van der Waals surface area contributed by atoms with Crippen molar-refractivity contribution < 1.29 is 14.5 Å². The lowest BCUT2D eigenvalue weighted by Gasteiger charge is -2.10. The molecule has 0 aliphatic rings. The highest BCUT2D eigenvalue weighted by Gasteiger charge is 2.08. The van der Waals surface area contributed by atoms with Crippen LogP contribution < -0.4 is 0 Å². The molecule has 0 atom stereocenters. The summed E-state index contributed by atoms with van der Waals surface area (Å²) in [5, 5.41) is 10.5. The molecule has 0 unspecified atom stereocenters. The summed E-state index contributed by atoms with van der Waals surface area (Å²) in [5.74, 6) is -0.494. The van der Waals surface area contributed by atoms with Crippen LogP contribution in [-0.2, 0) is 9.59 Å². The van der Waals surface area contributed by atoms with Crippen molar-refractivity contribution >= 4 is 23.5 Å². The van der Waals surface area contributed by atoms with Gasteiger partial charge in [0.1, 0.15) is 5.78 Å². The molecule has 0 radical (unpaired) electrons. The summed E-state index contributed by atoms with van der Waals surface area (Å²) >= 11 is 0. The summed E-state index contributed by atoms with van der Waals surface area (Å²) in [6, 6.07) is 5.93. The van der Waals surface area contributed by atoms with E-state index >= 15 is 0 Å². The molecule has 1 amide bonds. The van der Waals surface area contributed by atoms with Gasteiger partial charge in [-0.1, -0.05) is 0 Å². The number of amides is 1. The lowest BCUT2D eigenvalue weighted by molar-refractivity contribution is -0.384. The fraction of sp³-hybridized carbons (Fsp3) is 0.231. The van der Waals surface area contributed by atoms with Crippen LogP contribution in [0.4, 0.5) is 5.69 Å². The number of nitrogens with zero attached hydrogens (tertiary/aromatic N) is 2. The molecule has 0 saturated carbocycles. The SMILES string of the molecule is CC(=O)CC(=O)N(C)/C=C/c1ccc([N+](=O)[O-])cc1. The van der Waals surface area contributed by atoms with E-state index in [2.05, 4.69) is 0 Å². The highest BCUT2D eigenvalue weighted by Crippen LogP contribution is 2.13. The van der Waals surface area contributed by atoms with E-state index in [4.69, 9.17) is 0 Å². The smallest absolute Gasteiger partial charge is 0.269 e. The Morgan fingerprint density at radius 1 is 1.32 bits per heavy atom. The second-order valence-electron chi connectivity index (χ2n) is 4.05. The molecule has 0 spiro atoms. The van der Waals surface area contributed by atoms with Gasteiger partial charge in [0.25, 0.3) is 5.69 Å². The van der Waals surface area contributed by atoms with Crippen molar-refractivity contribution in [2.45, 2.75) is 13.3 Å². The summed E-state index contributed by atoms with van der Waals surface area (Å²) in [5.41, 5.74) is 0.742. The lowest BCUT2D eigenvalue weighted by atomic mass is 10.2. The Labute approximate surface area is 110 Å². The Bertz CT molecular complexity index is 520. The first-order valence-electron chi connectivity index (χ1n) is 5.58. The van der Waals surface area contributed by atoms with Crippen LogP contribution in [0.15, 0.2) is 30.5 Å². The second-order valence-corrected chi connectivity index (χ2v) is 4.05. The maximum absolute atomic E-state index is 11.5. The molecule has 6 heteroatoms. The normalized spacial score (nSPS) is 10.4. The molecule has 0 aliphatic heterocycles. The number of non-ortho nitro benzene ring substituents is 1. The van der Waals surface area contributed by atoms with Gasteiger partial charge in [0.05, 0.1) is 11.3 Å². The molecule has 1 aromatic carbocycles. The van der Waals surface area contributed by atoms with Gasteiger partial charge in [-0.25, -0.2) is 0 Å². The number of nitro groups is 1. The molecule has 0 aromatic heterocycles. The van der Waals surface area contributed by atoms with Crippen LogP contribution >= 0.6 is 0 Å².